The molecule has 20 heavy (non-hydrogen) atoms. The molecule has 0 saturated carbocycles. The van der Waals surface area contributed by atoms with Crippen molar-refractivity contribution in [2.75, 3.05) is 0 Å². The third kappa shape index (κ3) is 3.57. The molecule has 1 rings (SSSR count). The first-order valence-electron chi connectivity index (χ1n) is 5.23. The number of aliphatic carboxylic acids is 2. The molecule has 0 bridgehead atoms. The van der Waals surface area contributed by atoms with Crippen molar-refractivity contribution >= 4 is 40.7 Å². The Kier molecular flexibility index (Phi) is 6.39. The topological polar surface area (TPSA) is 127 Å². The number of ether oxygens (including phenoxy) is 1. The van der Waals surface area contributed by atoms with Crippen LogP contribution in [0.2, 0.25) is 0 Å². The Balaban J connectivity index is -0.00000120. The Morgan fingerprint density at radius 1 is 1.30 bits per heavy atom. The number of hydrogen-bond donors (Lipinski definition) is 2. The van der Waals surface area contributed by atoms with Crippen LogP contribution in [0.3, 0.4) is 0 Å². The Morgan fingerprint density at radius 2 is 1.75 bits per heavy atom. The van der Waals surface area contributed by atoms with E-state index in [2.05, 4.69) is 0 Å². The quantitative estimate of drug-likeness (QED) is 0.348. The van der Waals surface area contributed by atoms with Crippen molar-refractivity contribution in [2.24, 2.45) is 0 Å². The molecule has 0 spiro atoms. The molecule has 0 atom stereocenters. The molecule has 1 aromatic rings. The number of nitrogens with zero attached hydrogens (tertiary/aromatic N) is 1. The van der Waals surface area contributed by atoms with E-state index in [1.807, 2.05) is 0 Å². The van der Waals surface area contributed by atoms with Crippen molar-refractivity contribution in [2.45, 2.75) is 18.9 Å². The SMILES string of the molecule is CCC(Oc1ccc([N+](=O)[O-])cc1)(C(=O)O)C(=O)O.[H-].[H-].[Mg+2]. The summed E-state index contributed by atoms with van der Waals surface area (Å²) in [5, 5.41) is 28.4. The molecule has 9 heteroatoms. The second kappa shape index (κ2) is 7.05. The molecule has 0 saturated heterocycles. The van der Waals surface area contributed by atoms with Gasteiger partial charge >= 0.3 is 35.0 Å². The zero-order chi connectivity index (χ0) is 14.6. The average Bonchev–Trinajstić information content (AvgIpc) is 2.35. The minimum absolute atomic E-state index is 0. The number of benzene rings is 1. The van der Waals surface area contributed by atoms with Gasteiger partial charge in [0.2, 0.25) is 0 Å². The van der Waals surface area contributed by atoms with Crippen molar-refractivity contribution < 1.29 is 32.3 Å². The van der Waals surface area contributed by atoms with Crippen molar-refractivity contribution in [1.82, 2.24) is 0 Å². The summed E-state index contributed by atoms with van der Waals surface area (Å²) in [7, 11) is 0. The normalized spacial score (nSPS) is 10.2. The van der Waals surface area contributed by atoms with E-state index in [9.17, 15) is 19.7 Å². The summed E-state index contributed by atoms with van der Waals surface area (Å²) >= 11 is 0. The van der Waals surface area contributed by atoms with Crippen LogP contribution in [0.1, 0.15) is 16.2 Å². The molecule has 0 fully saturated rings. The predicted molar refractivity (Wildman–Crippen MR) is 70.0 cm³/mol. The van der Waals surface area contributed by atoms with Gasteiger partial charge in [0.15, 0.2) is 0 Å². The van der Waals surface area contributed by atoms with Crippen LogP contribution < -0.4 is 4.74 Å². The van der Waals surface area contributed by atoms with Gasteiger partial charge in [-0.05, 0) is 12.1 Å². The first kappa shape index (κ1) is 18.1. The summed E-state index contributed by atoms with van der Waals surface area (Å²) in [6.07, 6.45) is -0.297. The van der Waals surface area contributed by atoms with Crippen LogP contribution in [0.5, 0.6) is 5.75 Å². The van der Waals surface area contributed by atoms with Gasteiger partial charge in [0.25, 0.3) is 11.3 Å². The molecule has 2 N–H and O–H groups in total. The standard InChI is InChI=1S/C11H11NO7.Mg.2H/c1-2-11(9(13)14,10(15)16)19-8-5-3-7(4-6-8)12(17)18;;;/h3-6H,2H2,1H3,(H,13,14)(H,15,16);;;/q;+2;2*-1. The molecule has 0 aliphatic carbocycles. The van der Waals surface area contributed by atoms with E-state index in [1.165, 1.54) is 6.92 Å². The Bertz CT molecular complexity index is 510. The number of non-ortho nitro benzene ring substituents is 1. The van der Waals surface area contributed by atoms with E-state index in [0.29, 0.717) is 0 Å². The zero-order valence-corrected chi connectivity index (χ0v) is 12.0. The van der Waals surface area contributed by atoms with E-state index >= 15 is 0 Å². The number of carbonyl (C=O) groups is 2. The zero-order valence-electron chi connectivity index (χ0n) is 12.6. The fourth-order valence-electron chi connectivity index (χ4n) is 1.39. The van der Waals surface area contributed by atoms with Crippen LogP contribution in [0.4, 0.5) is 5.69 Å². The molecular weight excluding hydrogens is 282 g/mol. The summed E-state index contributed by atoms with van der Waals surface area (Å²) in [6, 6.07) is 4.49. The summed E-state index contributed by atoms with van der Waals surface area (Å²) in [4.78, 5) is 31.9. The third-order valence-electron chi connectivity index (χ3n) is 2.53. The van der Waals surface area contributed by atoms with Gasteiger partial charge in [-0.2, -0.15) is 0 Å². The van der Waals surface area contributed by atoms with Gasteiger partial charge in [-0.25, -0.2) is 9.59 Å². The largest absolute Gasteiger partial charge is 2.00 e. The van der Waals surface area contributed by atoms with Crippen LogP contribution in [-0.2, 0) is 9.59 Å². The van der Waals surface area contributed by atoms with Crippen molar-refractivity contribution in [3.05, 3.63) is 34.4 Å². The first-order valence-corrected chi connectivity index (χ1v) is 5.23. The monoisotopic (exact) mass is 295 g/mol. The molecule has 8 nitrogen and oxygen atoms in total. The molecule has 0 radical (unpaired) electrons. The number of carboxylic acids is 2. The fraction of sp³-hybridized carbons (Fsp3) is 0.273. The second-order valence-electron chi connectivity index (χ2n) is 3.64. The average molecular weight is 296 g/mol. The summed E-state index contributed by atoms with van der Waals surface area (Å²) in [5.74, 6) is -3.35. The molecule has 0 aliphatic rings. The van der Waals surface area contributed by atoms with Gasteiger partial charge in [-0.3, -0.25) is 10.1 Å². The molecule has 106 valence electrons. The van der Waals surface area contributed by atoms with E-state index in [-0.39, 0.29) is 43.8 Å². The molecular formula is C11H13MgNO7. The second-order valence-corrected chi connectivity index (χ2v) is 3.64. The fourth-order valence-corrected chi connectivity index (χ4v) is 1.39. The van der Waals surface area contributed by atoms with E-state index < -0.39 is 22.5 Å². The van der Waals surface area contributed by atoms with Gasteiger partial charge in [0, 0.05) is 18.6 Å². The van der Waals surface area contributed by atoms with E-state index in [0.717, 1.165) is 24.3 Å². The number of nitro groups is 1. The van der Waals surface area contributed by atoms with Crippen LogP contribution >= 0.6 is 0 Å². The summed E-state index contributed by atoms with van der Waals surface area (Å²) in [5.41, 5.74) is -2.61. The molecule has 0 heterocycles. The molecule has 0 unspecified atom stereocenters. The molecule has 0 aromatic heterocycles. The minimum Gasteiger partial charge on any atom is -1.00 e. The van der Waals surface area contributed by atoms with E-state index in [4.69, 9.17) is 14.9 Å². The Labute approximate surface area is 132 Å². The van der Waals surface area contributed by atoms with Crippen molar-refractivity contribution in [1.29, 1.82) is 0 Å². The van der Waals surface area contributed by atoms with Gasteiger partial charge in [-0.1, -0.05) is 6.92 Å². The number of hydrogen-bond acceptors (Lipinski definition) is 5. The van der Waals surface area contributed by atoms with Gasteiger partial charge in [0.05, 0.1) is 4.92 Å². The molecule has 1 aromatic carbocycles. The van der Waals surface area contributed by atoms with Crippen LogP contribution in [0.25, 0.3) is 0 Å². The first-order chi connectivity index (χ1) is 8.83. The molecule has 0 amide bonds. The minimum atomic E-state index is -2.41. The Hall–Kier alpha value is -1.87. The maximum absolute atomic E-state index is 11.1. The summed E-state index contributed by atoms with van der Waals surface area (Å²) in [6.45, 7) is 1.35. The van der Waals surface area contributed by atoms with Crippen LogP contribution in [-0.4, -0.2) is 55.7 Å². The van der Waals surface area contributed by atoms with Crippen molar-refractivity contribution in [3.8, 4) is 5.75 Å². The smallest absolute Gasteiger partial charge is 1.00 e. The number of carboxylic acid groups (broad SMARTS) is 2. The van der Waals surface area contributed by atoms with Crippen LogP contribution in [0, 0.1) is 10.1 Å². The van der Waals surface area contributed by atoms with Crippen LogP contribution in [0.15, 0.2) is 24.3 Å². The van der Waals surface area contributed by atoms with Gasteiger partial charge in [0.1, 0.15) is 5.75 Å². The van der Waals surface area contributed by atoms with E-state index in [1.54, 1.807) is 0 Å². The van der Waals surface area contributed by atoms with Gasteiger partial charge in [-0.15, -0.1) is 0 Å². The Morgan fingerprint density at radius 3 is 2.05 bits per heavy atom. The third-order valence-corrected chi connectivity index (χ3v) is 2.53. The number of nitro benzene ring substituents is 1. The maximum Gasteiger partial charge on any atom is 2.00 e. The predicted octanol–water partition coefficient (Wildman–Crippen LogP) is 1.14. The van der Waals surface area contributed by atoms with Crippen molar-refractivity contribution in [3.63, 3.8) is 0 Å². The summed E-state index contributed by atoms with van der Waals surface area (Å²) < 4.78 is 4.99. The molecule has 0 aliphatic heterocycles. The number of rotatable bonds is 6. The maximum atomic E-state index is 11.1. The van der Waals surface area contributed by atoms with Gasteiger partial charge < -0.3 is 17.8 Å².